The molecule has 1 aromatic rings. The third-order valence-corrected chi connectivity index (χ3v) is 1.89. The molecule has 0 saturated heterocycles. The maximum atomic E-state index is 11.7. The maximum Gasteiger partial charge on any atom is 0.323 e. The molecule has 0 amide bonds. The molecule has 0 aromatic carbocycles. The first-order valence-electron chi connectivity index (χ1n) is 4.58. The van der Waals surface area contributed by atoms with E-state index in [1.54, 1.807) is 6.92 Å². The van der Waals surface area contributed by atoms with Crippen molar-refractivity contribution < 1.29 is 9.90 Å². The number of aryl methyl sites for hydroxylation is 1. The smallest absolute Gasteiger partial charge is 0.323 e. The Morgan fingerprint density at radius 2 is 2.33 bits per heavy atom. The molecule has 1 aromatic heterocycles. The third kappa shape index (κ3) is 2.55. The highest BCUT2D eigenvalue weighted by Crippen LogP contribution is 1.98. The summed E-state index contributed by atoms with van der Waals surface area (Å²) in [5, 5.41) is 11.4. The molecular formula is C9H13N3O3. The van der Waals surface area contributed by atoms with Crippen LogP contribution < -0.4 is 10.9 Å². The van der Waals surface area contributed by atoms with Crippen LogP contribution in [0.5, 0.6) is 0 Å². The van der Waals surface area contributed by atoms with Gasteiger partial charge in [0.1, 0.15) is 6.54 Å². The van der Waals surface area contributed by atoms with Crippen molar-refractivity contribution >= 4 is 11.8 Å². The Bertz CT molecular complexity index is 425. The zero-order valence-corrected chi connectivity index (χ0v) is 8.65. The maximum absolute atomic E-state index is 11.7. The van der Waals surface area contributed by atoms with Crippen LogP contribution in [0.2, 0.25) is 0 Å². The lowest BCUT2D eigenvalue weighted by atomic mass is 10.4. The number of rotatable bonds is 4. The first kappa shape index (κ1) is 11.2. The Morgan fingerprint density at radius 1 is 1.67 bits per heavy atom. The van der Waals surface area contributed by atoms with Gasteiger partial charge in [0, 0.05) is 18.4 Å². The van der Waals surface area contributed by atoms with E-state index in [2.05, 4.69) is 10.3 Å². The van der Waals surface area contributed by atoms with Gasteiger partial charge in [0.25, 0.3) is 5.56 Å². The van der Waals surface area contributed by atoms with Gasteiger partial charge >= 0.3 is 5.97 Å². The van der Waals surface area contributed by atoms with Gasteiger partial charge in [0.05, 0.1) is 0 Å². The van der Waals surface area contributed by atoms with E-state index >= 15 is 0 Å². The summed E-state index contributed by atoms with van der Waals surface area (Å²) in [6, 6.07) is 0. The molecule has 0 aliphatic rings. The molecule has 0 fully saturated rings. The highest BCUT2D eigenvalue weighted by molar-refractivity contribution is 5.66. The summed E-state index contributed by atoms with van der Waals surface area (Å²) >= 11 is 0. The molecule has 82 valence electrons. The molecule has 0 spiro atoms. The van der Waals surface area contributed by atoms with E-state index in [0.29, 0.717) is 12.2 Å². The zero-order chi connectivity index (χ0) is 11.4. The van der Waals surface area contributed by atoms with Crippen LogP contribution in [0.25, 0.3) is 0 Å². The normalized spacial score (nSPS) is 10.0. The minimum atomic E-state index is -1.05. The van der Waals surface area contributed by atoms with Gasteiger partial charge in [-0.25, -0.2) is 4.98 Å². The number of carboxylic acid groups (broad SMARTS) is 1. The quantitative estimate of drug-likeness (QED) is 0.736. The van der Waals surface area contributed by atoms with Gasteiger partial charge in [-0.2, -0.15) is 0 Å². The average molecular weight is 211 g/mol. The standard InChI is InChI=1S/C9H13N3O3/c1-3-10-8-9(15)12(5-7(13)14)6(2)4-11-8/h4H,3,5H2,1-2H3,(H,10,11)(H,13,14). The summed E-state index contributed by atoms with van der Waals surface area (Å²) in [4.78, 5) is 26.1. The topological polar surface area (TPSA) is 84.2 Å². The second-order valence-corrected chi connectivity index (χ2v) is 3.06. The molecule has 0 saturated carbocycles. The second-order valence-electron chi connectivity index (χ2n) is 3.06. The lowest BCUT2D eigenvalue weighted by molar-refractivity contribution is -0.137. The molecule has 0 aliphatic carbocycles. The van der Waals surface area contributed by atoms with E-state index in [1.165, 1.54) is 10.8 Å². The molecule has 0 unspecified atom stereocenters. The van der Waals surface area contributed by atoms with Crippen molar-refractivity contribution in [2.24, 2.45) is 0 Å². The van der Waals surface area contributed by atoms with E-state index in [0.717, 1.165) is 0 Å². The summed E-state index contributed by atoms with van der Waals surface area (Å²) < 4.78 is 1.17. The summed E-state index contributed by atoms with van der Waals surface area (Å²) in [6.07, 6.45) is 1.47. The van der Waals surface area contributed by atoms with Gasteiger partial charge in [-0.05, 0) is 13.8 Å². The van der Waals surface area contributed by atoms with Gasteiger partial charge in [-0.15, -0.1) is 0 Å². The van der Waals surface area contributed by atoms with Crippen LogP contribution in [0.3, 0.4) is 0 Å². The lowest BCUT2D eigenvalue weighted by Gasteiger charge is -2.09. The van der Waals surface area contributed by atoms with E-state index in [-0.39, 0.29) is 12.4 Å². The number of nitrogens with one attached hydrogen (secondary N) is 1. The lowest BCUT2D eigenvalue weighted by Crippen LogP contribution is -2.29. The number of hydrogen-bond acceptors (Lipinski definition) is 4. The number of carbonyl (C=O) groups is 1. The van der Waals surface area contributed by atoms with Crippen LogP contribution in [0, 0.1) is 6.92 Å². The highest BCUT2D eigenvalue weighted by atomic mass is 16.4. The van der Waals surface area contributed by atoms with Crippen LogP contribution in [-0.4, -0.2) is 27.2 Å². The van der Waals surface area contributed by atoms with Crippen molar-refractivity contribution in [1.29, 1.82) is 0 Å². The van der Waals surface area contributed by atoms with Crippen LogP contribution in [0.15, 0.2) is 11.0 Å². The Morgan fingerprint density at radius 3 is 2.87 bits per heavy atom. The molecule has 6 nitrogen and oxygen atoms in total. The fourth-order valence-electron chi connectivity index (χ4n) is 1.19. The number of aliphatic carboxylic acids is 1. The predicted octanol–water partition coefficient (Wildman–Crippen LogP) is 0.0681. The Hall–Kier alpha value is -1.85. The molecule has 0 radical (unpaired) electrons. The summed E-state index contributed by atoms with van der Waals surface area (Å²) in [7, 11) is 0. The van der Waals surface area contributed by atoms with Crippen LogP contribution >= 0.6 is 0 Å². The molecule has 0 bridgehead atoms. The summed E-state index contributed by atoms with van der Waals surface area (Å²) in [5.41, 5.74) is 0.128. The highest BCUT2D eigenvalue weighted by Gasteiger charge is 2.09. The second kappa shape index (κ2) is 4.59. The number of nitrogens with zero attached hydrogens (tertiary/aromatic N) is 2. The summed E-state index contributed by atoms with van der Waals surface area (Å²) in [6.45, 7) is 3.71. The average Bonchev–Trinajstić information content (AvgIpc) is 2.17. The van der Waals surface area contributed by atoms with Crippen LogP contribution in [-0.2, 0) is 11.3 Å². The van der Waals surface area contributed by atoms with Crippen molar-refractivity contribution in [3.8, 4) is 0 Å². The third-order valence-electron chi connectivity index (χ3n) is 1.89. The number of aromatic nitrogens is 2. The van der Waals surface area contributed by atoms with E-state index in [1.807, 2.05) is 6.92 Å². The van der Waals surface area contributed by atoms with E-state index in [4.69, 9.17) is 5.11 Å². The summed E-state index contributed by atoms with van der Waals surface area (Å²) in [5.74, 6) is -0.863. The van der Waals surface area contributed by atoms with Gasteiger partial charge in [0.15, 0.2) is 5.82 Å². The Labute approximate surface area is 86.6 Å². The molecular weight excluding hydrogens is 198 g/mol. The first-order valence-corrected chi connectivity index (χ1v) is 4.58. The minimum Gasteiger partial charge on any atom is -0.480 e. The van der Waals surface area contributed by atoms with Crippen LogP contribution in [0.4, 0.5) is 5.82 Å². The largest absolute Gasteiger partial charge is 0.480 e. The fraction of sp³-hybridized carbons (Fsp3) is 0.444. The van der Waals surface area contributed by atoms with Crippen molar-refractivity contribution in [1.82, 2.24) is 9.55 Å². The van der Waals surface area contributed by atoms with E-state index < -0.39 is 11.5 Å². The molecule has 0 atom stereocenters. The SMILES string of the molecule is CCNc1ncc(C)n(CC(=O)O)c1=O. The van der Waals surface area contributed by atoms with E-state index in [9.17, 15) is 9.59 Å². The Kier molecular flexibility index (Phi) is 3.43. The number of hydrogen-bond donors (Lipinski definition) is 2. The number of carboxylic acids is 1. The van der Waals surface area contributed by atoms with Crippen molar-refractivity contribution in [2.75, 3.05) is 11.9 Å². The minimum absolute atomic E-state index is 0.185. The first-order chi connectivity index (χ1) is 7.06. The Balaban J connectivity index is 3.18. The molecule has 1 heterocycles. The number of anilines is 1. The molecule has 6 heteroatoms. The van der Waals surface area contributed by atoms with Crippen LogP contribution in [0.1, 0.15) is 12.6 Å². The molecule has 2 N–H and O–H groups in total. The van der Waals surface area contributed by atoms with Gasteiger partial charge in [-0.3, -0.25) is 14.2 Å². The molecule has 0 aliphatic heterocycles. The fourth-order valence-corrected chi connectivity index (χ4v) is 1.19. The predicted molar refractivity (Wildman–Crippen MR) is 55.0 cm³/mol. The molecule has 15 heavy (non-hydrogen) atoms. The van der Waals surface area contributed by atoms with Crippen molar-refractivity contribution in [3.63, 3.8) is 0 Å². The van der Waals surface area contributed by atoms with Crippen molar-refractivity contribution in [3.05, 3.63) is 22.2 Å². The zero-order valence-electron chi connectivity index (χ0n) is 8.65. The van der Waals surface area contributed by atoms with Gasteiger partial charge in [0.2, 0.25) is 0 Å². The molecule has 1 rings (SSSR count). The van der Waals surface area contributed by atoms with Gasteiger partial charge < -0.3 is 10.4 Å². The monoisotopic (exact) mass is 211 g/mol. The van der Waals surface area contributed by atoms with Gasteiger partial charge in [-0.1, -0.05) is 0 Å². The van der Waals surface area contributed by atoms with Crippen molar-refractivity contribution in [2.45, 2.75) is 20.4 Å².